The number of benzene rings is 1. The summed E-state index contributed by atoms with van der Waals surface area (Å²) in [5, 5.41) is 0. The van der Waals surface area contributed by atoms with Gasteiger partial charge in [0.1, 0.15) is 4.99 Å². The summed E-state index contributed by atoms with van der Waals surface area (Å²) in [7, 11) is 0. The molecule has 0 unspecified atom stereocenters. The Labute approximate surface area is 100 Å². The van der Waals surface area contributed by atoms with E-state index in [0.29, 0.717) is 4.99 Å². The number of aryl methyl sites for hydroxylation is 1. The van der Waals surface area contributed by atoms with E-state index in [-0.39, 0.29) is 0 Å². The Hall–Kier alpha value is -1.74. The first kappa shape index (κ1) is 10.8. The highest BCUT2D eigenvalue weighted by Crippen LogP contribution is 2.24. The van der Waals surface area contributed by atoms with Crippen LogP contribution in [0.2, 0.25) is 0 Å². The van der Waals surface area contributed by atoms with Gasteiger partial charge in [-0.05, 0) is 24.1 Å². The van der Waals surface area contributed by atoms with Crippen LogP contribution in [0.15, 0.2) is 42.6 Å². The second-order valence-electron chi connectivity index (χ2n) is 3.55. The van der Waals surface area contributed by atoms with Crippen LogP contribution in [0.25, 0.3) is 11.1 Å². The SMILES string of the molecule is Cc1nccc(-c2ccccc2)c1C(N)=S. The van der Waals surface area contributed by atoms with E-state index < -0.39 is 0 Å². The predicted octanol–water partition coefficient (Wildman–Crippen LogP) is 2.69. The molecular formula is C13H12N2S. The van der Waals surface area contributed by atoms with Crippen molar-refractivity contribution < 1.29 is 0 Å². The fourth-order valence-corrected chi connectivity index (χ4v) is 1.99. The summed E-state index contributed by atoms with van der Waals surface area (Å²) >= 11 is 5.07. The van der Waals surface area contributed by atoms with E-state index in [0.717, 1.165) is 22.4 Å². The third-order valence-electron chi connectivity index (χ3n) is 2.47. The first-order valence-electron chi connectivity index (χ1n) is 5.01. The molecule has 3 heteroatoms. The Morgan fingerprint density at radius 2 is 1.88 bits per heavy atom. The molecule has 80 valence electrons. The van der Waals surface area contributed by atoms with Crippen molar-refractivity contribution in [1.29, 1.82) is 0 Å². The largest absolute Gasteiger partial charge is 0.389 e. The minimum Gasteiger partial charge on any atom is -0.389 e. The monoisotopic (exact) mass is 228 g/mol. The van der Waals surface area contributed by atoms with Crippen LogP contribution >= 0.6 is 12.2 Å². The molecule has 0 spiro atoms. The van der Waals surface area contributed by atoms with Crippen LogP contribution in [-0.4, -0.2) is 9.97 Å². The average molecular weight is 228 g/mol. The van der Waals surface area contributed by atoms with Crippen molar-refractivity contribution in [3.05, 3.63) is 53.9 Å². The molecular weight excluding hydrogens is 216 g/mol. The average Bonchev–Trinajstić information content (AvgIpc) is 2.29. The second kappa shape index (κ2) is 4.41. The molecule has 0 fully saturated rings. The number of hydrogen-bond donors (Lipinski definition) is 1. The van der Waals surface area contributed by atoms with Crippen molar-refractivity contribution in [2.24, 2.45) is 5.73 Å². The van der Waals surface area contributed by atoms with Gasteiger partial charge >= 0.3 is 0 Å². The molecule has 0 aliphatic heterocycles. The van der Waals surface area contributed by atoms with Gasteiger partial charge < -0.3 is 5.73 Å². The third-order valence-corrected chi connectivity index (χ3v) is 2.68. The predicted molar refractivity (Wildman–Crippen MR) is 70.3 cm³/mol. The minimum atomic E-state index is 0.393. The molecule has 1 heterocycles. The van der Waals surface area contributed by atoms with Gasteiger partial charge in [0.25, 0.3) is 0 Å². The highest BCUT2D eigenvalue weighted by molar-refractivity contribution is 7.80. The molecule has 1 aromatic carbocycles. The van der Waals surface area contributed by atoms with E-state index in [4.69, 9.17) is 18.0 Å². The fourth-order valence-electron chi connectivity index (χ4n) is 1.74. The maximum atomic E-state index is 5.74. The van der Waals surface area contributed by atoms with E-state index in [1.807, 2.05) is 43.3 Å². The lowest BCUT2D eigenvalue weighted by Crippen LogP contribution is -2.13. The summed E-state index contributed by atoms with van der Waals surface area (Å²) in [6, 6.07) is 12.0. The van der Waals surface area contributed by atoms with E-state index in [1.165, 1.54) is 0 Å². The highest BCUT2D eigenvalue weighted by atomic mass is 32.1. The van der Waals surface area contributed by atoms with Crippen molar-refractivity contribution in [1.82, 2.24) is 4.98 Å². The zero-order valence-electron chi connectivity index (χ0n) is 8.97. The number of rotatable bonds is 2. The molecule has 2 rings (SSSR count). The first-order chi connectivity index (χ1) is 7.70. The molecule has 2 nitrogen and oxygen atoms in total. The molecule has 0 bridgehead atoms. The number of aromatic nitrogens is 1. The van der Waals surface area contributed by atoms with Crippen LogP contribution in [0, 0.1) is 6.92 Å². The number of thiocarbonyl (C=S) groups is 1. The first-order valence-corrected chi connectivity index (χ1v) is 5.42. The smallest absolute Gasteiger partial charge is 0.106 e. The van der Waals surface area contributed by atoms with Crippen molar-refractivity contribution in [3.8, 4) is 11.1 Å². The zero-order chi connectivity index (χ0) is 11.5. The fraction of sp³-hybridized carbons (Fsp3) is 0.0769. The molecule has 0 saturated heterocycles. The number of nitrogens with zero attached hydrogens (tertiary/aromatic N) is 1. The van der Waals surface area contributed by atoms with Crippen LogP contribution in [0.4, 0.5) is 0 Å². The third kappa shape index (κ3) is 1.95. The molecule has 16 heavy (non-hydrogen) atoms. The van der Waals surface area contributed by atoms with Gasteiger partial charge in [-0.1, -0.05) is 42.5 Å². The minimum absolute atomic E-state index is 0.393. The van der Waals surface area contributed by atoms with Gasteiger partial charge in [0.2, 0.25) is 0 Å². The summed E-state index contributed by atoms with van der Waals surface area (Å²) in [6.07, 6.45) is 1.78. The normalized spacial score (nSPS) is 10.1. The Kier molecular flexibility index (Phi) is 2.97. The summed E-state index contributed by atoms with van der Waals surface area (Å²) in [6.45, 7) is 1.92. The second-order valence-corrected chi connectivity index (χ2v) is 3.99. The van der Waals surface area contributed by atoms with Gasteiger partial charge in [-0.2, -0.15) is 0 Å². The molecule has 0 radical (unpaired) electrons. The van der Waals surface area contributed by atoms with Crippen LogP contribution in [0.5, 0.6) is 0 Å². The Balaban J connectivity index is 2.66. The standard InChI is InChI=1S/C13H12N2S/c1-9-12(13(14)16)11(7-8-15-9)10-5-3-2-4-6-10/h2-8H,1H3,(H2,14,16). The van der Waals surface area contributed by atoms with Gasteiger partial charge in [-0.3, -0.25) is 4.98 Å². The topological polar surface area (TPSA) is 38.9 Å². The van der Waals surface area contributed by atoms with Crippen molar-refractivity contribution in [2.75, 3.05) is 0 Å². The Morgan fingerprint density at radius 3 is 2.50 bits per heavy atom. The molecule has 0 aliphatic carbocycles. The maximum absolute atomic E-state index is 5.74. The zero-order valence-corrected chi connectivity index (χ0v) is 9.79. The molecule has 0 atom stereocenters. The lowest BCUT2D eigenvalue weighted by molar-refractivity contribution is 1.19. The van der Waals surface area contributed by atoms with Crippen LogP contribution in [0.1, 0.15) is 11.3 Å². The van der Waals surface area contributed by atoms with E-state index in [1.54, 1.807) is 6.20 Å². The molecule has 0 aliphatic rings. The van der Waals surface area contributed by atoms with Crippen molar-refractivity contribution in [3.63, 3.8) is 0 Å². The Bertz CT molecular complexity index is 521. The molecule has 0 amide bonds. The van der Waals surface area contributed by atoms with Crippen LogP contribution in [0.3, 0.4) is 0 Å². The summed E-state index contributed by atoms with van der Waals surface area (Å²) in [5.41, 5.74) is 9.63. The number of hydrogen-bond acceptors (Lipinski definition) is 2. The molecule has 1 aromatic heterocycles. The van der Waals surface area contributed by atoms with Gasteiger partial charge in [0.15, 0.2) is 0 Å². The van der Waals surface area contributed by atoms with Crippen molar-refractivity contribution >= 4 is 17.2 Å². The summed E-state index contributed by atoms with van der Waals surface area (Å²) in [5.74, 6) is 0. The molecule has 0 saturated carbocycles. The lowest BCUT2D eigenvalue weighted by atomic mass is 9.99. The number of pyridine rings is 1. The van der Waals surface area contributed by atoms with E-state index >= 15 is 0 Å². The Morgan fingerprint density at radius 1 is 1.19 bits per heavy atom. The van der Waals surface area contributed by atoms with Gasteiger partial charge in [0, 0.05) is 17.5 Å². The lowest BCUT2D eigenvalue weighted by Gasteiger charge is -2.10. The van der Waals surface area contributed by atoms with Crippen LogP contribution < -0.4 is 5.73 Å². The number of nitrogens with two attached hydrogens (primary N) is 1. The maximum Gasteiger partial charge on any atom is 0.106 e. The van der Waals surface area contributed by atoms with Gasteiger partial charge in [-0.15, -0.1) is 0 Å². The molecule has 2 aromatic rings. The van der Waals surface area contributed by atoms with Gasteiger partial charge in [0.05, 0.1) is 0 Å². The van der Waals surface area contributed by atoms with E-state index in [2.05, 4.69) is 4.98 Å². The van der Waals surface area contributed by atoms with E-state index in [9.17, 15) is 0 Å². The highest BCUT2D eigenvalue weighted by Gasteiger charge is 2.10. The van der Waals surface area contributed by atoms with Crippen molar-refractivity contribution in [2.45, 2.75) is 6.92 Å². The van der Waals surface area contributed by atoms with Crippen LogP contribution in [-0.2, 0) is 0 Å². The summed E-state index contributed by atoms with van der Waals surface area (Å²) < 4.78 is 0. The quantitative estimate of drug-likeness (QED) is 0.803. The molecule has 2 N–H and O–H groups in total. The van der Waals surface area contributed by atoms with Gasteiger partial charge in [-0.25, -0.2) is 0 Å². The summed E-state index contributed by atoms with van der Waals surface area (Å²) in [4.78, 5) is 4.61.